The van der Waals surface area contributed by atoms with Gasteiger partial charge in [0, 0.05) is 16.7 Å². The van der Waals surface area contributed by atoms with Crippen molar-refractivity contribution in [2.24, 2.45) is 0 Å². The van der Waals surface area contributed by atoms with Crippen LogP contribution < -0.4 is 5.32 Å². The molecule has 1 aromatic carbocycles. The van der Waals surface area contributed by atoms with E-state index < -0.39 is 0 Å². The van der Waals surface area contributed by atoms with Gasteiger partial charge in [0.1, 0.15) is 6.07 Å². The summed E-state index contributed by atoms with van der Waals surface area (Å²) in [4.78, 5) is 0. The molecule has 1 aromatic heterocycles. The van der Waals surface area contributed by atoms with Crippen molar-refractivity contribution < 1.29 is 0 Å². The van der Waals surface area contributed by atoms with Gasteiger partial charge in [0.05, 0.1) is 23.5 Å². The summed E-state index contributed by atoms with van der Waals surface area (Å²) in [6.07, 6.45) is 3.05. The first-order chi connectivity index (χ1) is 9.63. The quantitative estimate of drug-likeness (QED) is 0.896. The van der Waals surface area contributed by atoms with Crippen molar-refractivity contribution in [2.45, 2.75) is 32.9 Å². The molecule has 4 nitrogen and oxygen atoms in total. The average molecular weight is 333 g/mol. The molecule has 1 N–H and O–H groups in total. The van der Waals surface area contributed by atoms with E-state index in [0.717, 1.165) is 22.3 Å². The van der Waals surface area contributed by atoms with Crippen molar-refractivity contribution in [1.29, 1.82) is 5.26 Å². The summed E-state index contributed by atoms with van der Waals surface area (Å²) in [5.74, 6) is 0. The molecule has 0 fully saturated rings. The average Bonchev–Trinajstić information content (AvgIpc) is 2.93. The molecular formula is C15H17BrN4. The fourth-order valence-corrected chi connectivity index (χ4v) is 2.21. The molecule has 0 radical (unpaired) electrons. The van der Waals surface area contributed by atoms with Gasteiger partial charge in [-0.3, -0.25) is 4.68 Å². The Morgan fingerprint density at radius 1 is 1.45 bits per heavy atom. The second-order valence-corrected chi connectivity index (χ2v) is 5.62. The SMILES string of the molecule is CCC(C)n1ccc(CNc2cc(Br)ccc2C#N)n1. The molecule has 0 aliphatic rings. The maximum Gasteiger partial charge on any atom is 0.101 e. The number of nitrogens with zero attached hydrogens (tertiary/aromatic N) is 3. The number of nitriles is 1. The highest BCUT2D eigenvalue weighted by Gasteiger charge is 2.06. The summed E-state index contributed by atoms with van der Waals surface area (Å²) in [7, 11) is 0. The van der Waals surface area contributed by atoms with Crippen LogP contribution in [0.4, 0.5) is 5.69 Å². The third-order valence-corrected chi connectivity index (χ3v) is 3.76. The fourth-order valence-electron chi connectivity index (χ4n) is 1.85. The van der Waals surface area contributed by atoms with Crippen molar-refractivity contribution in [2.75, 3.05) is 5.32 Å². The van der Waals surface area contributed by atoms with Crippen molar-refractivity contribution in [3.63, 3.8) is 0 Å². The molecule has 0 aliphatic heterocycles. The van der Waals surface area contributed by atoms with Crippen molar-refractivity contribution in [3.8, 4) is 6.07 Å². The minimum atomic E-state index is 0.407. The summed E-state index contributed by atoms with van der Waals surface area (Å²) in [6.45, 7) is 4.89. The molecule has 1 heterocycles. The van der Waals surface area contributed by atoms with Crippen LogP contribution in [-0.4, -0.2) is 9.78 Å². The summed E-state index contributed by atoms with van der Waals surface area (Å²) in [6, 6.07) is 10.2. The number of nitrogens with one attached hydrogen (secondary N) is 1. The van der Waals surface area contributed by atoms with Crippen LogP contribution in [0.5, 0.6) is 0 Å². The molecule has 0 amide bonds. The van der Waals surface area contributed by atoms with Gasteiger partial charge >= 0.3 is 0 Å². The van der Waals surface area contributed by atoms with E-state index in [9.17, 15) is 0 Å². The summed E-state index contributed by atoms with van der Waals surface area (Å²) >= 11 is 3.42. The van der Waals surface area contributed by atoms with E-state index in [1.165, 1.54) is 0 Å². The Labute approximate surface area is 127 Å². The first-order valence-corrected chi connectivity index (χ1v) is 7.41. The number of hydrogen-bond donors (Lipinski definition) is 1. The number of rotatable bonds is 5. The van der Waals surface area contributed by atoms with Crippen LogP contribution in [0, 0.1) is 11.3 Å². The zero-order valence-electron chi connectivity index (χ0n) is 11.6. The molecule has 104 valence electrons. The third-order valence-electron chi connectivity index (χ3n) is 3.27. The smallest absolute Gasteiger partial charge is 0.101 e. The van der Waals surface area contributed by atoms with E-state index in [0.29, 0.717) is 18.2 Å². The van der Waals surface area contributed by atoms with Gasteiger partial charge in [0.25, 0.3) is 0 Å². The number of hydrogen-bond acceptors (Lipinski definition) is 3. The molecule has 0 spiro atoms. The Hall–Kier alpha value is -1.80. The summed E-state index contributed by atoms with van der Waals surface area (Å²) < 4.78 is 2.92. The van der Waals surface area contributed by atoms with Gasteiger partial charge in [-0.15, -0.1) is 0 Å². The molecule has 20 heavy (non-hydrogen) atoms. The first kappa shape index (κ1) is 14.6. The zero-order chi connectivity index (χ0) is 14.5. The lowest BCUT2D eigenvalue weighted by Crippen LogP contribution is -2.07. The molecule has 0 saturated heterocycles. The molecule has 1 unspecified atom stereocenters. The lowest BCUT2D eigenvalue weighted by atomic mass is 10.2. The minimum Gasteiger partial charge on any atom is -0.378 e. The first-order valence-electron chi connectivity index (χ1n) is 6.61. The van der Waals surface area contributed by atoms with Crippen LogP contribution in [0.25, 0.3) is 0 Å². The Morgan fingerprint density at radius 3 is 2.95 bits per heavy atom. The van der Waals surface area contributed by atoms with Crippen LogP contribution in [0.2, 0.25) is 0 Å². The predicted octanol–water partition coefficient (Wildman–Crippen LogP) is 4.10. The van der Waals surface area contributed by atoms with Gasteiger partial charge in [-0.2, -0.15) is 10.4 Å². The highest BCUT2D eigenvalue weighted by Crippen LogP contribution is 2.21. The van der Waals surface area contributed by atoms with Gasteiger partial charge < -0.3 is 5.32 Å². The number of halogens is 1. The largest absolute Gasteiger partial charge is 0.378 e. The number of benzene rings is 1. The number of aromatic nitrogens is 2. The highest BCUT2D eigenvalue weighted by atomic mass is 79.9. The normalized spacial score (nSPS) is 11.9. The maximum absolute atomic E-state index is 9.09. The highest BCUT2D eigenvalue weighted by molar-refractivity contribution is 9.10. The van der Waals surface area contributed by atoms with E-state index in [1.807, 2.05) is 29.1 Å². The van der Waals surface area contributed by atoms with Crippen LogP contribution in [0.3, 0.4) is 0 Å². The Morgan fingerprint density at radius 2 is 2.25 bits per heavy atom. The molecule has 5 heteroatoms. The molecule has 0 aliphatic carbocycles. The lowest BCUT2D eigenvalue weighted by molar-refractivity contribution is 0.474. The molecule has 2 aromatic rings. The van der Waals surface area contributed by atoms with E-state index in [-0.39, 0.29) is 0 Å². The van der Waals surface area contributed by atoms with E-state index in [2.05, 4.69) is 46.3 Å². The topological polar surface area (TPSA) is 53.6 Å². The maximum atomic E-state index is 9.09. The lowest BCUT2D eigenvalue weighted by Gasteiger charge is -2.09. The van der Waals surface area contributed by atoms with Gasteiger partial charge in [-0.05, 0) is 37.6 Å². The van der Waals surface area contributed by atoms with Gasteiger partial charge in [-0.1, -0.05) is 22.9 Å². The molecular weight excluding hydrogens is 316 g/mol. The van der Waals surface area contributed by atoms with E-state index >= 15 is 0 Å². The Bertz CT molecular complexity index is 627. The van der Waals surface area contributed by atoms with Crippen LogP contribution in [0.15, 0.2) is 34.9 Å². The van der Waals surface area contributed by atoms with Crippen molar-refractivity contribution in [3.05, 3.63) is 46.2 Å². The summed E-state index contributed by atoms with van der Waals surface area (Å²) in [5, 5.41) is 16.9. The van der Waals surface area contributed by atoms with E-state index in [1.54, 1.807) is 6.07 Å². The summed E-state index contributed by atoms with van der Waals surface area (Å²) in [5.41, 5.74) is 2.42. The molecule has 1 atom stereocenters. The Balaban J connectivity index is 2.07. The molecule has 2 rings (SSSR count). The predicted molar refractivity (Wildman–Crippen MR) is 83.4 cm³/mol. The van der Waals surface area contributed by atoms with Crippen LogP contribution >= 0.6 is 15.9 Å². The van der Waals surface area contributed by atoms with Crippen molar-refractivity contribution >= 4 is 21.6 Å². The van der Waals surface area contributed by atoms with E-state index in [4.69, 9.17) is 5.26 Å². The van der Waals surface area contributed by atoms with Gasteiger partial charge in [0.15, 0.2) is 0 Å². The Kier molecular flexibility index (Phi) is 4.80. The second kappa shape index (κ2) is 6.58. The van der Waals surface area contributed by atoms with Crippen LogP contribution in [-0.2, 0) is 6.54 Å². The number of anilines is 1. The molecule has 0 bridgehead atoms. The van der Waals surface area contributed by atoms with Crippen LogP contribution in [0.1, 0.15) is 37.6 Å². The standard InChI is InChI=1S/C15H17BrN4/c1-3-11(2)20-7-6-14(19-20)10-18-15-8-13(16)5-4-12(15)9-17/h4-8,11,18H,3,10H2,1-2H3. The van der Waals surface area contributed by atoms with Gasteiger partial charge in [-0.25, -0.2) is 0 Å². The second-order valence-electron chi connectivity index (χ2n) is 4.70. The minimum absolute atomic E-state index is 0.407. The third kappa shape index (κ3) is 3.40. The fraction of sp³-hybridized carbons (Fsp3) is 0.333. The van der Waals surface area contributed by atoms with Crippen molar-refractivity contribution in [1.82, 2.24) is 9.78 Å². The van der Waals surface area contributed by atoms with Gasteiger partial charge in [0.2, 0.25) is 0 Å². The molecule has 0 saturated carbocycles. The monoisotopic (exact) mass is 332 g/mol. The zero-order valence-corrected chi connectivity index (χ0v) is 13.2.